The van der Waals surface area contributed by atoms with Crippen LogP contribution in [0.2, 0.25) is 0 Å². The topological polar surface area (TPSA) is 36.9 Å². The lowest BCUT2D eigenvalue weighted by atomic mass is 9.93. The molecule has 0 spiro atoms. The summed E-state index contributed by atoms with van der Waals surface area (Å²) in [7, 11) is 6.43. The van der Waals surface area contributed by atoms with Crippen molar-refractivity contribution in [2.45, 2.75) is 26.2 Å². The van der Waals surface area contributed by atoms with Gasteiger partial charge < -0.3 is 18.9 Å². The number of aryl methyl sites for hydroxylation is 1. The predicted molar refractivity (Wildman–Crippen MR) is 112 cm³/mol. The van der Waals surface area contributed by atoms with Crippen molar-refractivity contribution in [1.82, 2.24) is 0 Å². The van der Waals surface area contributed by atoms with Crippen molar-refractivity contribution < 1.29 is 27.7 Å². The molecule has 0 heterocycles. The van der Waals surface area contributed by atoms with E-state index in [0.29, 0.717) is 29.4 Å². The third kappa shape index (κ3) is 7.80. The summed E-state index contributed by atoms with van der Waals surface area (Å²) in [5.74, 6) is 2.69. The van der Waals surface area contributed by atoms with E-state index >= 15 is 0 Å². The Bertz CT molecular complexity index is 722. The normalized spacial score (nSPS) is 11.1. The molecule has 0 bridgehead atoms. The fourth-order valence-corrected chi connectivity index (χ4v) is 2.98. The number of rotatable bonds is 10. The summed E-state index contributed by atoms with van der Waals surface area (Å²) in [6, 6.07) is 11.6. The highest BCUT2D eigenvalue weighted by atomic mass is 19.1. The summed E-state index contributed by atoms with van der Waals surface area (Å²) < 4.78 is 45.0. The summed E-state index contributed by atoms with van der Waals surface area (Å²) in [4.78, 5) is 0. The molecule has 2 aromatic carbocycles. The zero-order valence-electron chi connectivity index (χ0n) is 18.0. The quantitative estimate of drug-likeness (QED) is 0.521. The number of methoxy groups -OCH3 is 4. The Hall–Kier alpha value is -2.50. The van der Waals surface area contributed by atoms with E-state index < -0.39 is 0 Å². The summed E-state index contributed by atoms with van der Waals surface area (Å²) in [5, 5.41) is 0. The first-order valence-corrected chi connectivity index (χ1v) is 9.60. The minimum absolute atomic E-state index is 0.0544. The van der Waals surface area contributed by atoms with E-state index in [0.717, 1.165) is 24.0 Å². The first-order chi connectivity index (χ1) is 14.1. The SMILES string of the molecule is CCF.COc1ccc(CC[C@@H](CF)Cc2ccc(OC)c(OC)c2)cc1OC. The molecule has 2 aromatic rings. The third-order valence-corrected chi connectivity index (χ3v) is 4.48. The van der Waals surface area contributed by atoms with Crippen LogP contribution in [-0.2, 0) is 12.8 Å². The molecule has 0 saturated carbocycles. The van der Waals surface area contributed by atoms with Gasteiger partial charge in [-0.2, -0.15) is 0 Å². The first kappa shape index (κ1) is 24.5. The second-order valence-electron chi connectivity index (χ2n) is 6.41. The van der Waals surface area contributed by atoms with Crippen molar-refractivity contribution in [3.05, 3.63) is 47.5 Å². The number of benzene rings is 2. The Labute approximate surface area is 172 Å². The first-order valence-electron chi connectivity index (χ1n) is 9.60. The molecule has 0 saturated heterocycles. The van der Waals surface area contributed by atoms with Gasteiger partial charge >= 0.3 is 0 Å². The fourth-order valence-electron chi connectivity index (χ4n) is 2.98. The van der Waals surface area contributed by atoms with E-state index in [2.05, 4.69) is 0 Å². The van der Waals surface area contributed by atoms with Gasteiger partial charge in [0, 0.05) is 0 Å². The third-order valence-electron chi connectivity index (χ3n) is 4.48. The molecular formula is C23H32F2O4. The van der Waals surface area contributed by atoms with Crippen LogP contribution in [0.1, 0.15) is 24.5 Å². The van der Waals surface area contributed by atoms with Gasteiger partial charge in [-0.3, -0.25) is 8.78 Å². The molecule has 0 aliphatic heterocycles. The molecular weight excluding hydrogens is 378 g/mol. The van der Waals surface area contributed by atoms with Crippen LogP contribution >= 0.6 is 0 Å². The molecule has 0 radical (unpaired) electrons. The molecule has 0 aliphatic carbocycles. The molecule has 1 atom stereocenters. The molecule has 0 aliphatic rings. The second-order valence-corrected chi connectivity index (χ2v) is 6.41. The van der Waals surface area contributed by atoms with Gasteiger partial charge in [0.25, 0.3) is 0 Å². The van der Waals surface area contributed by atoms with Gasteiger partial charge in [0.15, 0.2) is 23.0 Å². The van der Waals surface area contributed by atoms with Crippen LogP contribution in [0.25, 0.3) is 0 Å². The Kier molecular flexibility index (Phi) is 11.5. The van der Waals surface area contributed by atoms with E-state index in [1.54, 1.807) is 28.4 Å². The smallest absolute Gasteiger partial charge is 0.160 e. The van der Waals surface area contributed by atoms with E-state index in [1.165, 1.54) is 6.92 Å². The minimum atomic E-state index is -0.359. The minimum Gasteiger partial charge on any atom is -0.493 e. The molecule has 2 rings (SSSR count). The van der Waals surface area contributed by atoms with Crippen LogP contribution in [0.4, 0.5) is 8.78 Å². The van der Waals surface area contributed by atoms with Crippen LogP contribution in [0.5, 0.6) is 23.0 Å². The van der Waals surface area contributed by atoms with Crippen molar-refractivity contribution >= 4 is 0 Å². The van der Waals surface area contributed by atoms with E-state index in [1.807, 2.05) is 36.4 Å². The summed E-state index contributed by atoms with van der Waals surface area (Å²) >= 11 is 0. The number of hydrogen-bond donors (Lipinski definition) is 0. The average Bonchev–Trinajstić information content (AvgIpc) is 2.76. The van der Waals surface area contributed by atoms with E-state index in [4.69, 9.17) is 18.9 Å². The van der Waals surface area contributed by atoms with Gasteiger partial charge in [0.05, 0.1) is 41.8 Å². The van der Waals surface area contributed by atoms with Crippen LogP contribution in [-0.4, -0.2) is 41.8 Å². The molecule has 162 valence electrons. The molecule has 4 nitrogen and oxygen atoms in total. The Morgan fingerprint density at radius 1 is 0.724 bits per heavy atom. The van der Waals surface area contributed by atoms with Gasteiger partial charge in [0.1, 0.15) is 0 Å². The number of hydrogen-bond acceptors (Lipinski definition) is 4. The Morgan fingerprint density at radius 3 is 1.62 bits per heavy atom. The van der Waals surface area contributed by atoms with E-state index in [-0.39, 0.29) is 19.3 Å². The lowest BCUT2D eigenvalue weighted by Crippen LogP contribution is -2.09. The van der Waals surface area contributed by atoms with Gasteiger partial charge in [-0.1, -0.05) is 12.1 Å². The Morgan fingerprint density at radius 2 is 1.17 bits per heavy atom. The fraction of sp³-hybridized carbons (Fsp3) is 0.478. The van der Waals surface area contributed by atoms with Crippen molar-refractivity contribution in [2.24, 2.45) is 5.92 Å². The second kappa shape index (κ2) is 13.6. The highest BCUT2D eigenvalue weighted by Gasteiger charge is 2.13. The van der Waals surface area contributed by atoms with Gasteiger partial charge in [-0.25, -0.2) is 0 Å². The number of ether oxygens (including phenoxy) is 4. The van der Waals surface area contributed by atoms with Crippen molar-refractivity contribution in [3.63, 3.8) is 0 Å². The zero-order chi connectivity index (χ0) is 21.6. The highest BCUT2D eigenvalue weighted by Crippen LogP contribution is 2.30. The van der Waals surface area contributed by atoms with Crippen molar-refractivity contribution in [2.75, 3.05) is 41.8 Å². The molecule has 0 unspecified atom stereocenters. The maximum absolute atomic E-state index is 13.5. The molecule has 0 fully saturated rings. The zero-order valence-corrected chi connectivity index (χ0v) is 18.0. The monoisotopic (exact) mass is 410 g/mol. The van der Waals surface area contributed by atoms with E-state index in [9.17, 15) is 8.78 Å². The molecule has 0 N–H and O–H groups in total. The highest BCUT2D eigenvalue weighted by molar-refractivity contribution is 5.44. The molecule has 0 aromatic heterocycles. The summed E-state index contributed by atoms with van der Waals surface area (Å²) in [6.45, 7) is 0.849. The number of halogens is 2. The maximum atomic E-state index is 13.5. The molecule has 6 heteroatoms. The summed E-state index contributed by atoms with van der Waals surface area (Å²) in [6.07, 6.45) is 2.19. The maximum Gasteiger partial charge on any atom is 0.160 e. The van der Waals surface area contributed by atoms with Gasteiger partial charge in [-0.05, 0) is 67.5 Å². The van der Waals surface area contributed by atoms with Crippen LogP contribution in [0.3, 0.4) is 0 Å². The lowest BCUT2D eigenvalue weighted by Gasteiger charge is -2.16. The molecule has 29 heavy (non-hydrogen) atoms. The largest absolute Gasteiger partial charge is 0.493 e. The van der Waals surface area contributed by atoms with Gasteiger partial charge in [0.2, 0.25) is 0 Å². The van der Waals surface area contributed by atoms with Crippen molar-refractivity contribution in [3.8, 4) is 23.0 Å². The average molecular weight is 411 g/mol. The van der Waals surface area contributed by atoms with Crippen LogP contribution < -0.4 is 18.9 Å². The van der Waals surface area contributed by atoms with Crippen LogP contribution in [0, 0.1) is 5.92 Å². The lowest BCUT2D eigenvalue weighted by molar-refractivity contribution is 0.338. The Balaban J connectivity index is 0.00000132. The van der Waals surface area contributed by atoms with Gasteiger partial charge in [-0.15, -0.1) is 0 Å². The standard InChI is InChI=1S/C21H27FO4.C2H5F/c1-23-18-9-7-15(12-20(18)25-3)5-6-17(14-22)11-16-8-10-19(24-2)21(13-16)26-4;1-2-3/h7-10,12-13,17H,5-6,11,14H2,1-4H3;2H2,1H3/t17-;/m1./s1. The molecule has 0 amide bonds. The van der Waals surface area contributed by atoms with Crippen molar-refractivity contribution in [1.29, 1.82) is 0 Å². The predicted octanol–water partition coefficient (Wildman–Crippen LogP) is 5.46. The van der Waals surface area contributed by atoms with Crippen LogP contribution in [0.15, 0.2) is 36.4 Å². The number of alkyl halides is 2. The summed E-state index contributed by atoms with van der Waals surface area (Å²) in [5.41, 5.74) is 2.14.